The Morgan fingerprint density at radius 2 is 1.85 bits per heavy atom. The molecule has 0 saturated carbocycles. The fourth-order valence-electron chi connectivity index (χ4n) is 2.14. The number of halogens is 3. The number of rotatable bonds is 6. The summed E-state index contributed by atoms with van der Waals surface area (Å²) in [6, 6.07) is 15.4. The highest BCUT2D eigenvalue weighted by Gasteiger charge is 2.10. The van der Waals surface area contributed by atoms with E-state index in [1.54, 1.807) is 54.6 Å². The Labute approximate surface area is 170 Å². The van der Waals surface area contributed by atoms with Crippen LogP contribution in [0, 0.1) is 0 Å². The number of nitrogens with zero attached hydrogens (tertiary/aromatic N) is 1. The first-order valence-electron chi connectivity index (χ1n) is 7.77. The van der Waals surface area contributed by atoms with Gasteiger partial charge in [-0.3, -0.25) is 4.79 Å². The SMILES string of the molecule is O=C(COc1ccc(Cl)cc1)N/N=C/c1ccc(-c2cccc(Cl)c2Cl)o1. The summed E-state index contributed by atoms with van der Waals surface area (Å²) in [5.41, 5.74) is 3.03. The van der Waals surface area contributed by atoms with E-state index in [2.05, 4.69) is 10.5 Å². The Morgan fingerprint density at radius 3 is 2.63 bits per heavy atom. The van der Waals surface area contributed by atoms with Crippen LogP contribution in [-0.4, -0.2) is 18.7 Å². The van der Waals surface area contributed by atoms with Crippen molar-refractivity contribution in [2.75, 3.05) is 6.61 Å². The molecule has 1 heterocycles. The summed E-state index contributed by atoms with van der Waals surface area (Å²) >= 11 is 18.0. The van der Waals surface area contributed by atoms with Gasteiger partial charge in [-0.2, -0.15) is 5.10 Å². The fraction of sp³-hybridized carbons (Fsp3) is 0.0526. The molecule has 138 valence electrons. The van der Waals surface area contributed by atoms with Gasteiger partial charge in [-0.1, -0.05) is 40.9 Å². The quantitative estimate of drug-likeness (QED) is 0.424. The zero-order valence-corrected chi connectivity index (χ0v) is 16.1. The first kappa shape index (κ1) is 19.3. The predicted molar refractivity (Wildman–Crippen MR) is 107 cm³/mol. The predicted octanol–water partition coefficient (Wildman–Crippen LogP) is 5.44. The number of nitrogens with one attached hydrogen (secondary N) is 1. The highest BCUT2D eigenvalue weighted by atomic mass is 35.5. The molecule has 3 aromatic rings. The van der Waals surface area contributed by atoms with Crippen LogP contribution in [0.4, 0.5) is 0 Å². The molecule has 0 aliphatic heterocycles. The van der Waals surface area contributed by atoms with Crippen LogP contribution < -0.4 is 10.2 Å². The minimum atomic E-state index is -0.411. The number of benzene rings is 2. The summed E-state index contributed by atoms with van der Waals surface area (Å²) in [5.74, 6) is 1.11. The zero-order chi connectivity index (χ0) is 19.2. The number of ether oxygens (including phenoxy) is 1. The third-order valence-electron chi connectivity index (χ3n) is 3.41. The van der Waals surface area contributed by atoms with Crippen LogP contribution in [0.25, 0.3) is 11.3 Å². The maximum atomic E-state index is 11.7. The normalized spacial score (nSPS) is 10.9. The van der Waals surface area contributed by atoms with Gasteiger partial charge in [0.2, 0.25) is 0 Å². The molecule has 5 nitrogen and oxygen atoms in total. The summed E-state index contributed by atoms with van der Waals surface area (Å²) in [4.78, 5) is 11.7. The number of carbonyl (C=O) groups is 1. The Bertz CT molecular complexity index is 969. The van der Waals surface area contributed by atoms with Gasteiger partial charge in [-0.25, -0.2) is 5.43 Å². The van der Waals surface area contributed by atoms with E-state index < -0.39 is 5.91 Å². The van der Waals surface area contributed by atoms with Gasteiger partial charge in [-0.05, 0) is 48.5 Å². The maximum absolute atomic E-state index is 11.7. The largest absolute Gasteiger partial charge is 0.484 e. The van der Waals surface area contributed by atoms with E-state index in [-0.39, 0.29) is 6.61 Å². The van der Waals surface area contributed by atoms with Crippen LogP contribution >= 0.6 is 34.8 Å². The molecule has 0 atom stereocenters. The molecule has 0 bridgehead atoms. The van der Waals surface area contributed by atoms with E-state index in [1.807, 2.05) is 0 Å². The number of carbonyl (C=O) groups excluding carboxylic acids is 1. The molecule has 0 aliphatic carbocycles. The number of amides is 1. The van der Waals surface area contributed by atoms with Crippen LogP contribution in [0.15, 0.2) is 64.1 Å². The van der Waals surface area contributed by atoms with Crippen LogP contribution in [-0.2, 0) is 4.79 Å². The van der Waals surface area contributed by atoms with Crippen LogP contribution in [0.2, 0.25) is 15.1 Å². The van der Waals surface area contributed by atoms with Crippen molar-refractivity contribution in [3.8, 4) is 17.1 Å². The molecule has 1 N–H and O–H groups in total. The highest BCUT2D eigenvalue weighted by Crippen LogP contribution is 2.34. The Morgan fingerprint density at radius 1 is 1.07 bits per heavy atom. The number of hydrogen-bond donors (Lipinski definition) is 1. The van der Waals surface area contributed by atoms with Gasteiger partial charge < -0.3 is 9.15 Å². The van der Waals surface area contributed by atoms with Gasteiger partial charge >= 0.3 is 0 Å². The Hall–Kier alpha value is -2.47. The van der Waals surface area contributed by atoms with Gasteiger partial charge in [-0.15, -0.1) is 0 Å². The van der Waals surface area contributed by atoms with Crippen molar-refractivity contribution in [3.05, 3.63) is 75.4 Å². The van der Waals surface area contributed by atoms with Gasteiger partial charge in [0.1, 0.15) is 17.3 Å². The van der Waals surface area contributed by atoms with E-state index in [0.29, 0.717) is 37.9 Å². The number of hydrogen-bond acceptors (Lipinski definition) is 4. The number of hydrazone groups is 1. The van der Waals surface area contributed by atoms with Crippen molar-refractivity contribution in [2.24, 2.45) is 5.10 Å². The smallest absolute Gasteiger partial charge is 0.277 e. The van der Waals surface area contributed by atoms with Crippen molar-refractivity contribution in [2.45, 2.75) is 0 Å². The average molecular weight is 424 g/mol. The molecule has 0 unspecified atom stereocenters. The van der Waals surface area contributed by atoms with Crippen molar-refractivity contribution in [3.63, 3.8) is 0 Å². The summed E-state index contributed by atoms with van der Waals surface area (Å²) in [5, 5.41) is 5.27. The van der Waals surface area contributed by atoms with E-state index in [9.17, 15) is 4.79 Å². The monoisotopic (exact) mass is 422 g/mol. The second-order valence-electron chi connectivity index (χ2n) is 5.34. The zero-order valence-electron chi connectivity index (χ0n) is 13.8. The van der Waals surface area contributed by atoms with Gasteiger partial charge in [0.05, 0.1) is 16.3 Å². The van der Waals surface area contributed by atoms with Gasteiger partial charge in [0.25, 0.3) is 5.91 Å². The standard InChI is InChI=1S/C19H13Cl3N2O3/c20-12-4-6-13(7-5-12)26-11-18(25)24-23-10-14-8-9-17(27-14)15-2-1-3-16(21)19(15)22/h1-10H,11H2,(H,24,25)/b23-10+. The summed E-state index contributed by atoms with van der Waals surface area (Å²) in [6.07, 6.45) is 1.38. The summed E-state index contributed by atoms with van der Waals surface area (Å²) in [6.45, 7) is -0.180. The number of furan rings is 1. The molecule has 27 heavy (non-hydrogen) atoms. The topological polar surface area (TPSA) is 63.8 Å². The van der Waals surface area contributed by atoms with Crippen molar-refractivity contribution in [1.82, 2.24) is 5.43 Å². The van der Waals surface area contributed by atoms with E-state index in [1.165, 1.54) is 6.21 Å². The lowest BCUT2D eigenvalue weighted by Crippen LogP contribution is -2.24. The minimum absolute atomic E-state index is 0.180. The molecule has 0 saturated heterocycles. The first-order valence-corrected chi connectivity index (χ1v) is 8.91. The Balaban J connectivity index is 1.54. The fourth-order valence-corrected chi connectivity index (χ4v) is 2.66. The molecule has 8 heteroatoms. The molecule has 0 aliphatic rings. The minimum Gasteiger partial charge on any atom is -0.484 e. The molecule has 0 spiro atoms. The third-order valence-corrected chi connectivity index (χ3v) is 4.48. The summed E-state index contributed by atoms with van der Waals surface area (Å²) < 4.78 is 11.0. The molecule has 3 rings (SSSR count). The molecular weight excluding hydrogens is 411 g/mol. The van der Waals surface area contributed by atoms with Crippen LogP contribution in [0.5, 0.6) is 5.75 Å². The lowest BCUT2D eigenvalue weighted by Gasteiger charge is -2.04. The average Bonchev–Trinajstić information content (AvgIpc) is 3.12. The van der Waals surface area contributed by atoms with E-state index in [4.69, 9.17) is 44.0 Å². The second-order valence-corrected chi connectivity index (χ2v) is 6.56. The molecule has 0 fully saturated rings. The third kappa shape index (κ3) is 5.26. The van der Waals surface area contributed by atoms with Crippen LogP contribution in [0.3, 0.4) is 0 Å². The molecular formula is C19H13Cl3N2O3. The lowest BCUT2D eigenvalue weighted by atomic mass is 10.2. The maximum Gasteiger partial charge on any atom is 0.277 e. The van der Waals surface area contributed by atoms with Crippen molar-refractivity contribution < 1.29 is 13.9 Å². The molecule has 1 amide bonds. The molecule has 1 aromatic heterocycles. The highest BCUT2D eigenvalue weighted by molar-refractivity contribution is 6.43. The van der Waals surface area contributed by atoms with Gasteiger partial charge in [0.15, 0.2) is 6.61 Å². The summed E-state index contributed by atoms with van der Waals surface area (Å²) in [7, 11) is 0. The van der Waals surface area contributed by atoms with Gasteiger partial charge in [0, 0.05) is 10.6 Å². The second kappa shape index (κ2) is 8.95. The van der Waals surface area contributed by atoms with Crippen molar-refractivity contribution in [1.29, 1.82) is 0 Å². The van der Waals surface area contributed by atoms with E-state index in [0.717, 1.165) is 0 Å². The molecule has 2 aromatic carbocycles. The first-order chi connectivity index (χ1) is 13.0. The van der Waals surface area contributed by atoms with Crippen LogP contribution in [0.1, 0.15) is 5.76 Å². The Kier molecular flexibility index (Phi) is 6.40. The lowest BCUT2D eigenvalue weighted by molar-refractivity contribution is -0.123. The molecule has 0 radical (unpaired) electrons. The van der Waals surface area contributed by atoms with Crippen molar-refractivity contribution >= 4 is 46.9 Å². The van der Waals surface area contributed by atoms with E-state index >= 15 is 0 Å².